The summed E-state index contributed by atoms with van der Waals surface area (Å²) in [5, 5.41) is 0. The molecule has 24 heavy (non-hydrogen) atoms. The van der Waals surface area contributed by atoms with E-state index in [2.05, 4.69) is 9.98 Å². The van der Waals surface area contributed by atoms with Crippen LogP contribution in [0.25, 0.3) is 0 Å². The molecule has 0 aliphatic heterocycles. The van der Waals surface area contributed by atoms with Crippen molar-refractivity contribution in [1.29, 1.82) is 0 Å². The number of carbonyl (C=O) groups excluding carboxylic acids is 1. The molecule has 0 saturated carbocycles. The number of hydrogen-bond acceptors (Lipinski definition) is 5. The number of aliphatic imine (C=N–C) groups is 1. The molecule has 0 radical (unpaired) electrons. The number of aromatic nitrogens is 1. The summed E-state index contributed by atoms with van der Waals surface area (Å²) in [6.07, 6.45) is 2.40. The van der Waals surface area contributed by atoms with Crippen molar-refractivity contribution in [3.8, 4) is 5.88 Å². The predicted octanol–water partition coefficient (Wildman–Crippen LogP) is 2.29. The van der Waals surface area contributed by atoms with Gasteiger partial charge in [0.05, 0.1) is 24.3 Å². The first kappa shape index (κ1) is 19.9. The summed E-state index contributed by atoms with van der Waals surface area (Å²) in [7, 11) is 1.91. The summed E-state index contributed by atoms with van der Waals surface area (Å²) >= 11 is 0. The molecule has 134 valence electrons. The van der Waals surface area contributed by atoms with E-state index < -0.39 is 5.91 Å². The molecule has 0 bridgehead atoms. The highest BCUT2D eigenvalue weighted by Gasteiger charge is 2.17. The smallest absolute Gasteiger partial charge is 0.254 e. The first-order chi connectivity index (χ1) is 11.4. The molecule has 1 aromatic heterocycles. The van der Waals surface area contributed by atoms with Gasteiger partial charge in [-0.05, 0) is 33.3 Å². The number of primary amides is 1. The van der Waals surface area contributed by atoms with Crippen LogP contribution in [0.3, 0.4) is 0 Å². The summed E-state index contributed by atoms with van der Waals surface area (Å²) in [5.41, 5.74) is 6.93. The zero-order valence-corrected chi connectivity index (χ0v) is 15.2. The molecular weight excluding hydrogens is 308 g/mol. The van der Waals surface area contributed by atoms with Crippen molar-refractivity contribution in [3.05, 3.63) is 17.3 Å². The average molecular weight is 336 g/mol. The third-order valence-corrected chi connectivity index (χ3v) is 3.32. The van der Waals surface area contributed by atoms with Gasteiger partial charge in [-0.2, -0.15) is 0 Å². The van der Waals surface area contributed by atoms with Gasteiger partial charge in [-0.15, -0.1) is 0 Å². The van der Waals surface area contributed by atoms with Gasteiger partial charge in [-0.25, -0.2) is 9.98 Å². The van der Waals surface area contributed by atoms with Crippen LogP contribution in [-0.4, -0.2) is 55.0 Å². The maximum absolute atomic E-state index is 11.7. The average Bonchev–Trinajstić information content (AvgIpc) is 2.53. The van der Waals surface area contributed by atoms with Crippen LogP contribution in [-0.2, 0) is 4.74 Å². The molecule has 0 aliphatic rings. The zero-order chi connectivity index (χ0) is 18.1. The molecule has 1 unspecified atom stereocenters. The van der Waals surface area contributed by atoms with Crippen LogP contribution in [0, 0.1) is 6.92 Å². The van der Waals surface area contributed by atoms with E-state index in [1.54, 1.807) is 12.4 Å². The van der Waals surface area contributed by atoms with Gasteiger partial charge in [0.15, 0.2) is 0 Å². The van der Waals surface area contributed by atoms with Gasteiger partial charge in [0.25, 0.3) is 5.91 Å². The highest BCUT2D eigenvalue weighted by molar-refractivity contribution is 5.96. The Bertz CT molecular complexity index is 575. The fourth-order valence-electron chi connectivity index (χ4n) is 1.83. The Morgan fingerprint density at radius 1 is 1.50 bits per heavy atom. The monoisotopic (exact) mass is 336 g/mol. The molecule has 7 heteroatoms. The molecule has 1 heterocycles. The van der Waals surface area contributed by atoms with Gasteiger partial charge in [0.2, 0.25) is 5.88 Å². The molecule has 1 amide bonds. The van der Waals surface area contributed by atoms with Gasteiger partial charge in [-0.1, -0.05) is 6.92 Å². The number of amides is 1. The Labute approximate surface area is 143 Å². The van der Waals surface area contributed by atoms with Crippen molar-refractivity contribution in [3.63, 3.8) is 0 Å². The molecule has 0 aromatic carbocycles. The first-order valence-electron chi connectivity index (χ1n) is 8.19. The molecule has 0 spiro atoms. The second-order valence-corrected chi connectivity index (χ2v) is 5.63. The normalized spacial score (nSPS) is 12.4. The standard InChI is InChI=1S/C17H28N4O3/c1-6-8-23-10-12(3)24-17-14(16(18)22)9-15(13(4)20-17)19-11-21(5)7-2/h9,11-12H,6-8,10H2,1-5H3,(H2,18,22)/b19-11+. The maximum atomic E-state index is 11.7. The van der Waals surface area contributed by atoms with Crippen LogP contribution in [0.15, 0.2) is 11.1 Å². The van der Waals surface area contributed by atoms with Gasteiger partial charge in [0.1, 0.15) is 11.7 Å². The Hall–Kier alpha value is -2.15. The van der Waals surface area contributed by atoms with E-state index in [1.807, 2.05) is 39.6 Å². The number of hydrogen-bond donors (Lipinski definition) is 1. The van der Waals surface area contributed by atoms with Crippen molar-refractivity contribution in [1.82, 2.24) is 9.88 Å². The number of pyridine rings is 1. The fraction of sp³-hybridized carbons (Fsp3) is 0.588. The largest absolute Gasteiger partial charge is 0.472 e. The van der Waals surface area contributed by atoms with E-state index in [9.17, 15) is 4.79 Å². The lowest BCUT2D eigenvalue weighted by molar-refractivity contribution is 0.0559. The van der Waals surface area contributed by atoms with Crippen LogP contribution in [0.5, 0.6) is 5.88 Å². The molecule has 1 atom stereocenters. The summed E-state index contributed by atoms with van der Waals surface area (Å²) in [6.45, 7) is 9.65. The highest BCUT2D eigenvalue weighted by atomic mass is 16.5. The number of rotatable bonds is 10. The van der Waals surface area contributed by atoms with E-state index in [0.29, 0.717) is 24.6 Å². The number of ether oxygens (including phenoxy) is 2. The Kier molecular flexibility index (Phi) is 8.18. The molecular formula is C17H28N4O3. The third-order valence-electron chi connectivity index (χ3n) is 3.32. The van der Waals surface area contributed by atoms with Gasteiger partial charge < -0.3 is 20.1 Å². The number of nitrogens with zero attached hydrogens (tertiary/aromatic N) is 3. The quantitative estimate of drug-likeness (QED) is 0.402. The summed E-state index contributed by atoms with van der Waals surface area (Å²) in [5.74, 6) is -0.380. The topological polar surface area (TPSA) is 90.0 Å². The number of aryl methyl sites for hydroxylation is 1. The van der Waals surface area contributed by atoms with Crippen molar-refractivity contribution in [2.75, 3.05) is 26.8 Å². The van der Waals surface area contributed by atoms with Crippen LogP contribution < -0.4 is 10.5 Å². The minimum atomic E-state index is -0.598. The van der Waals surface area contributed by atoms with Crippen molar-refractivity contribution in [2.45, 2.75) is 40.2 Å². The minimum absolute atomic E-state index is 0.217. The molecule has 0 saturated heterocycles. The molecule has 2 N–H and O–H groups in total. The highest BCUT2D eigenvalue weighted by Crippen LogP contribution is 2.25. The van der Waals surface area contributed by atoms with E-state index in [1.165, 1.54) is 0 Å². The van der Waals surface area contributed by atoms with Crippen LogP contribution >= 0.6 is 0 Å². The van der Waals surface area contributed by atoms with Gasteiger partial charge in [0, 0.05) is 20.2 Å². The minimum Gasteiger partial charge on any atom is -0.472 e. The van der Waals surface area contributed by atoms with Crippen molar-refractivity contribution in [2.24, 2.45) is 10.7 Å². The Morgan fingerprint density at radius 2 is 2.21 bits per heavy atom. The lowest BCUT2D eigenvalue weighted by Gasteiger charge is -2.17. The second kappa shape index (κ2) is 9.87. The lowest BCUT2D eigenvalue weighted by atomic mass is 10.2. The molecule has 1 rings (SSSR count). The van der Waals surface area contributed by atoms with Crippen molar-refractivity contribution >= 4 is 17.9 Å². The summed E-state index contributed by atoms with van der Waals surface area (Å²) in [4.78, 5) is 22.4. The van der Waals surface area contributed by atoms with E-state index >= 15 is 0 Å². The molecule has 0 aliphatic carbocycles. The Morgan fingerprint density at radius 3 is 2.79 bits per heavy atom. The SMILES string of the molecule is CCCOCC(C)Oc1nc(C)c(/N=C/N(C)CC)cc1C(N)=O. The first-order valence-corrected chi connectivity index (χ1v) is 8.19. The fourth-order valence-corrected chi connectivity index (χ4v) is 1.83. The van der Waals surface area contributed by atoms with Gasteiger partial charge >= 0.3 is 0 Å². The Balaban J connectivity index is 2.98. The number of carbonyl (C=O) groups is 1. The predicted molar refractivity (Wildman–Crippen MR) is 95.1 cm³/mol. The number of nitrogens with two attached hydrogens (primary N) is 1. The lowest BCUT2D eigenvalue weighted by Crippen LogP contribution is -2.23. The zero-order valence-electron chi connectivity index (χ0n) is 15.2. The van der Waals surface area contributed by atoms with Gasteiger partial charge in [-0.3, -0.25) is 4.79 Å². The second-order valence-electron chi connectivity index (χ2n) is 5.63. The molecule has 0 fully saturated rings. The summed E-state index contributed by atoms with van der Waals surface area (Å²) < 4.78 is 11.2. The van der Waals surface area contributed by atoms with E-state index in [0.717, 1.165) is 13.0 Å². The van der Waals surface area contributed by atoms with E-state index in [-0.39, 0.29) is 17.5 Å². The van der Waals surface area contributed by atoms with Crippen molar-refractivity contribution < 1.29 is 14.3 Å². The van der Waals surface area contributed by atoms with E-state index in [4.69, 9.17) is 15.2 Å². The third kappa shape index (κ3) is 6.16. The summed E-state index contributed by atoms with van der Waals surface area (Å²) in [6, 6.07) is 1.61. The van der Waals surface area contributed by atoms with Crippen LogP contribution in [0.1, 0.15) is 43.2 Å². The van der Waals surface area contributed by atoms with Crippen LogP contribution in [0.2, 0.25) is 0 Å². The maximum Gasteiger partial charge on any atom is 0.254 e. The molecule has 1 aromatic rings. The van der Waals surface area contributed by atoms with Crippen LogP contribution in [0.4, 0.5) is 5.69 Å². The molecule has 7 nitrogen and oxygen atoms in total.